The van der Waals surface area contributed by atoms with Crippen LogP contribution in [0.2, 0.25) is 0 Å². The predicted molar refractivity (Wildman–Crippen MR) is 170 cm³/mol. The highest BCUT2D eigenvalue weighted by atomic mass is 16.6. The molecule has 7 heteroatoms. The average Bonchev–Trinajstić information content (AvgIpc) is 3.41. The van der Waals surface area contributed by atoms with Gasteiger partial charge in [-0.1, -0.05) is 87.5 Å². The van der Waals surface area contributed by atoms with Crippen LogP contribution in [0.15, 0.2) is 78.9 Å². The third kappa shape index (κ3) is 8.13. The van der Waals surface area contributed by atoms with Crippen LogP contribution in [0.4, 0.5) is 0 Å². The topological polar surface area (TPSA) is 82.4 Å². The molecule has 0 bridgehead atoms. The number of nitrogens with zero attached hydrogens (tertiary/aromatic N) is 2. The number of benzene rings is 3. The number of aromatic nitrogens is 2. The molecule has 7 nitrogen and oxygen atoms in total. The van der Waals surface area contributed by atoms with Crippen LogP contribution in [-0.4, -0.2) is 33.9 Å². The largest absolute Gasteiger partial charge is 0.476 e. The number of amides is 1. The van der Waals surface area contributed by atoms with E-state index in [4.69, 9.17) is 14.6 Å². The molecule has 0 unspecified atom stereocenters. The van der Waals surface area contributed by atoms with Gasteiger partial charge >= 0.3 is 5.97 Å². The normalized spacial score (nSPS) is 11.7. The Labute approximate surface area is 255 Å². The molecule has 0 saturated carbocycles. The summed E-state index contributed by atoms with van der Waals surface area (Å²) in [6.45, 7) is 14.7. The fraction of sp³-hybridized carbons (Fsp3) is 0.361. The molecule has 0 radical (unpaired) electrons. The maximum Gasteiger partial charge on any atom is 0.349 e. The third-order valence-electron chi connectivity index (χ3n) is 7.35. The van der Waals surface area contributed by atoms with Crippen molar-refractivity contribution in [2.75, 3.05) is 6.61 Å². The number of hydrogen-bond donors (Lipinski definition) is 1. The molecular weight excluding hydrogens is 538 g/mol. The summed E-state index contributed by atoms with van der Waals surface area (Å²) in [5.74, 6) is -0.0764. The predicted octanol–water partition coefficient (Wildman–Crippen LogP) is 7.05. The Morgan fingerprint density at radius 3 is 2.23 bits per heavy atom. The van der Waals surface area contributed by atoms with E-state index in [0.717, 1.165) is 28.8 Å². The average molecular weight is 582 g/mol. The van der Waals surface area contributed by atoms with Crippen molar-refractivity contribution < 1.29 is 19.1 Å². The maximum atomic E-state index is 13.6. The molecule has 4 rings (SSSR count). The van der Waals surface area contributed by atoms with E-state index in [0.29, 0.717) is 18.0 Å². The molecule has 4 aromatic rings. The lowest BCUT2D eigenvalue weighted by Gasteiger charge is -2.25. The highest BCUT2D eigenvalue weighted by molar-refractivity contribution is 5.93. The summed E-state index contributed by atoms with van der Waals surface area (Å²) in [4.78, 5) is 25.9. The molecule has 1 amide bonds. The number of esters is 1. The van der Waals surface area contributed by atoms with Crippen molar-refractivity contribution in [3.05, 3.63) is 107 Å². The Bertz CT molecular complexity index is 1550. The van der Waals surface area contributed by atoms with Crippen LogP contribution in [0, 0.1) is 6.92 Å². The number of nitrogens with one attached hydrogen (secondary N) is 1. The molecule has 0 atom stereocenters. The summed E-state index contributed by atoms with van der Waals surface area (Å²) in [7, 11) is 0. The Kier molecular flexibility index (Phi) is 9.74. The van der Waals surface area contributed by atoms with Crippen LogP contribution >= 0.6 is 0 Å². The lowest BCUT2D eigenvalue weighted by Crippen LogP contribution is -2.40. The zero-order valence-electron chi connectivity index (χ0n) is 26.4. The number of rotatable bonds is 11. The molecule has 0 fully saturated rings. The Hall–Kier alpha value is -4.39. The van der Waals surface area contributed by atoms with E-state index in [1.54, 1.807) is 25.5 Å². The van der Waals surface area contributed by atoms with Crippen molar-refractivity contribution in [3.63, 3.8) is 0 Å². The van der Waals surface area contributed by atoms with Crippen LogP contribution in [0.5, 0.6) is 5.75 Å². The van der Waals surface area contributed by atoms with Gasteiger partial charge in [0.25, 0.3) is 5.91 Å². The molecule has 43 heavy (non-hydrogen) atoms. The molecule has 1 aromatic heterocycles. The highest BCUT2D eigenvalue weighted by Gasteiger charge is 2.32. The van der Waals surface area contributed by atoms with Gasteiger partial charge in [-0.25, -0.2) is 4.79 Å². The van der Waals surface area contributed by atoms with Gasteiger partial charge in [0.05, 0.1) is 12.3 Å². The zero-order valence-corrected chi connectivity index (χ0v) is 26.4. The monoisotopic (exact) mass is 581 g/mol. The molecular formula is C36H43N3O4. The highest BCUT2D eigenvalue weighted by Crippen LogP contribution is 2.27. The van der Waals surface area contributed by atoms with E-state index in [9.17, 15) is 9.59 Å². The second-order valence-electron chi connectivity index (χ2n) is 12.3. The maximum absolute atomic E-state index is 13.6. The molecule has 0 aliphatic rings. The molecule has 1 N–H and O–H groups in total. The van der Waals surface area contributed by atoms with Crippen LogP contribution in [0.3, 0.4) is 0 Å². The number of aryl methyl sites for hydroxylation is 3. The minimum Gasteiger partial charge on any atom is -0.476 e. The van der Waals surface area contributed by atoms with E-state index in [1.807, 2.05) is 49.4 Å². The molecule has 1 heterocycles. The van der Waals surface area contributed by atoms with Gasteiger partial charge in [-0.05, 0) is 73.9 Å². The van der Waals surface area contributed by atoms with Crippen molar-refractivity contribution in [2.24, 2.45) is 0 Å². The van der Waals surface area contributed by atoms with E-state index < -0.39 is 11.6 Å². The van der Waals surface area contributed by atoms with Gasteiger partial charge in [0.1, 0.15) is 11.4 Å². The summed E-state index contributed by atoms with van der Waals surface area (Å²) in [6.07, 6.45) is 0.750. The van der Waals surface area contributed by atoms with Crippen molar-refractivity contribution in [2.45, 2.75) is 79.0 Å². The Morgan fingerprint density at radius 2 is 1.58 bits per heavy atom. The summed E-state index contributed by atoms with van der Waals surface area (Å²) >= 11 is 0. The van der Waals surface area contributed by atoms with Crippen molar-refractivity contribution in [1.82, 2.24) is 15.1 Å². The number of carbonyl (C=O) groups excluding carboxylic acids is 2. The lowest BCUT2D eigenvalue weighted by atomic mass is 9.86. The summed E-state index contributed by atoms with van der Waals surface area (Å²) < 4.78 is 13.0. The van der Waals surface area contributed by atoms with Gasteiger partial charge in [-0.15, -0.1) is 0 Å². The molecule has 3 aromatic carbocycles. The van der Waals surface area contributed by atoms with Crippen LogP contribution in [-0.2, 0) is 34.5 Å². The van der Waals surface area contributed by atoms with Gasteiger partial charge in [-0.2, -0.15) is 5.10 Å². The van der Waals surface area contributed by atoms with E-state index >= 15 is 0 Å². The zero-order chi connectivity index (χ0) is 31.2. The van der Waals surface area contributed by atoms with Crippen molar-refractivity contribution in [3.8, 4) is 17.0 Å². The SMILES string of the molecule is CCOC(=O)C(C)(C)Oc1cc(CNC(=O)c2cc(-c3ccc(C(C)(C)C)cc3)nn2CCc2ccccc2)ccc1C. The van der Waals surface area contributed by atoms with E-state index in [1.165, 1.54) is 11.1 Å². The third-order valence-corrected chi connectivity index (χ3v) is 7.35. The Morgan fingerprint density at radius 1 is 0.884 bits per heavy atom. The van der Waals surface area contributed by atoms with Crippen molar-refractivity contribution >= 4 is 11.9 Å². The standard InChI is InChI=1S/C36H43N3O4/c1-8-42-34(41)36(6,7)43-32-22-27(15-14-25(32)2)24-37-33(40)31-23-30(28-16-18-29(19-17-28)35(3,4)5)38-39(31)21-20-26-12-10-9-11-13-26/h9-19,22-23H,8,20-21,24H2,1-7H3,(H,37,40). The van der Waals surface area contributed by atoms with Gasteiger partial charge in [0.15, 0.2) is 5.60 Å². The van der Waals surface area contributed by atoms with Crippen LogP contribution < -0.4 is 10.1 Å². The quantitative estimate of drug-likeness (QED) is 0.192. The molecule has 0 saturated heterocycles. The van der Waals surface area contributed by atoms with Gasteiger partial charge in [0, 0.05) is 18.7 Å². The van der Waals surface area contributed by atoms with E-state index in [2.05, 4.69) is 62.5 Å². The van der Waals surface area contributed by atoms with Gasteiger partial charge in [-0.3, -0.25) is 9.48 Å². The van der Waals surface area contributed by atoms with Crippen molar-refractivity contribution in [1.29, 1.82) is 0 Å². The van der Waals surface area contributed by atoms with E-state index in [-0.39, 0.29) is 24.5 Å². The number of hydrogen-bond acceptors (Lipinski definition) is 5. The first-order chi connectivity index (χ1) is 20.4. The molecule has 226 valence electrons. The second kappa shape index (κ2) is 13.3. The first-order valence-electron chi connectivity index (χ1n) is 14.8. The summed E-state index contributed by atoms with van der Waals surface area (Å²) in [5.41, 5.74) is 5.27. The minimum atomic E-state index is -1.14. The molecule has 0 aliphatic heterocycles. The van der Waals surface area contributed by atoms with Crippen LogP contribution in [0.25, 0.3) is 11.3 Å². The first kappa shape index (κ1) is 31.5. The number of ether oxygens (including phenoxy) is 2. The van der Waals surface area contributed by atoms with Crippen LogP contribution in [0.1, 0.15) is 74.3 Å². The summed E-state index contributed by atoms with van der Waals surface area (Å²) in [6, 6.07) is 26.1. The fourth-order valence-corrected chi connectivity index (χ4v) is 4.69. The Balaban J connectivity index is 1.54. The molecule has 0 aliphatic carbocycles. The first-order valence-corrected chi connectivity index (χ1v) is 14.8. The summed E-state index contributed by atoms with van der Waals surface area (Å²) in [5, 5.41) is 7.91. The fourth-order valence-electron chi connectivity index (χ4n) is 4.69. The molecule has 0 spiro atoms. The van der Waals surface area contributed by atoms with Gasteiger partial charge in [0.2, 0.25) is 0 Å². The smallest absolute Gasteiger partial charge is 0.349 e. The number of carbonyl (C=O) groups is 2. The lowest BCUT2D eigenvalue weighted by molar-refractivity contribution is -0.158. The minimum absolute atomic E-state index is 0.0497. The van der Waals surface area contributed by atoms with Gasteiger partial charge < -0.3 is 14.8 Å². The second-order valence-corrected chi connectivity index (χ2v) is 12.3.